The van der Waals surface area contributed by atoms with Crippen molar-refractivity contribution in [1.82, 2.24) is 4.48 Å². The molecule has 0 unspecified atom stereocenters. The molecule has 4 fully saturated rings. The van der Waals surface area contributed by atoms with Crippen LogP contribution in [0.15, 0.2) is 126 Å². The van der Waals surface area contributed by atoms with Gasteiger partial charge in [0.1, 0.15) is 5.58 Å². The maximum atomic E-state index is 7.81. The Hall–Kier alpha value is -6.00. The topological polar surface area (TPSA) is 21.3 Å². The number of nitrogens with zero attached hydrogens (tertiary/aromatic N) is 2. The number of anilines is 3. The van der Waals surface area contributed by atoms with Gasteiger partial charge in [-0.25, -0.2) is 0 Å². The van der Waals surface area contributed by atoms with Crippen molar-refractivity contribution in [2.24, 2.45) is 11.8 Å². The summed E-state index contributed by atoms with van der Waals surface area (Å²) in [7, 11) is 0. The highest BCUT2D eigenvalue weighted by Gasteiger charge is 2.50. The highest BCUT2D eigenvalue weighted by atomic mass is 16.4. The molecule has 5 aliphatic carbocycles. The Kier molecular flexibility index (Phi) is 9.61. The van der Waals surface area contributed by atoms with Gasteiger partial charge in [-0.1, -0.05) is 167 Å². The molecule has 0 spiro atoms. The highest BCUT2D eigenvalue weighted by molar-refractivity contribution is 6.92. The van der Waals surface area contributed by atoms with Gasteiger partial charge < -0.3 is 8.90 Å². The molecule has 0 amide bonds. The predicted octanol–water partition coefficient (Wildman–Crippen LogP) is 18.6. The summed E-state index contributed by atoms with van der Waals surface area (Å²) in [6.45, 7) is 16.8. The van der Waals surface area contributed by atoms with Crippen LogP contribution in [0, 0.1) is 11.8 Å². The molecule has 382 valence electrons. The minimum atomic E-state index is -0.114. The third-order valence-electron chi connectivity index (χ3n) is 22.0. The van der Waals surface area contributed by atoms with Crippen molar-refractivity contribution in [2.45, 2.75) is 178 Å². The standard InChI is InChI=1S/C72H75BN2O/c1-68(2,3)48-25-27-59(52(36-48)46-21-9-8-10-22-46)74-61-35-47-23-11-12-24-51(47)63-56-39-50(72-31-15-19-45(43-72)20-16-32-72)38-54-53-37-49(71-29-13-17-44(42-71)18-14-30-71)26-28-60(53)75(66(54)56)73(65(61)63)64-55-40-57-58(41-62(55)76-67(64)74)70(6,7)34-33-69(57,4)5/h8-12,21-28,35-41,44-45H,13-20,29-34,42-43H2,1-7H3. The Morgan fingerprint density at radius 1 is 0.539 bits per heavy atom. The SMILES string of the molecule is CC(C)(C)c1ccc(N2c3cc4ccccc4c4c3B(c3c2oc2cc5c(cc32)C(C)(C)CCC5(C)C)n2c3ccc(C56CCCC(CCC5)C6)cc3c3cc(C56CCCC(CCC5)C6)cc-4c32)c(-c2ccccc2)c1. The number of rotatable bonds is 4. The first-order valence-electron chi connectivity index (χ1n) is 30.0. The van der Waals surface area contributed by atoms with Crippen molar-refractivity contribution in [3.05, 3.63) is 149 Å². The average Bonchev–Trinajstić information content (AvgIpc) is 4.16. The number of aromatic nitrogens is 1. The van der Waals surface area contributed by atoms with Gasteiger partial charge in [-0.3, -0.25) is 4.90 Å². The van der Waals surface area contributed by atoms with Crippen LogP contribution in [0.1, 0.15) is 179 Å². The second-order valence-corrected chi connectivity index (χ2v) is 28.3. The van der Waals surface area contributed by atoms with Crippen LogP contribution in [0.3, 0.4) is 0 Å². The van der Waals surface area contributed by atoms with Crippen LogP contribution in [0.5, 0.6) is 0 Å². The average molecular weight is 995 g/mol. The molecule has 0 saturated heterocycles. The van der Waals surface area contributed by atoms with Crippen molar-refractivity contribution in [2.75, 3.05) is 4.90 Å². The lowest BCUT2D eigenvalue weighted by Crippen LogP contribution is -2.56. The first-order valence-corrected chi connectivity index (χ1v) is 30.0. The predicted molar refractivity (Wildman–Crippen MR) is 322 cm³/mol. The van der Waals surface area contributed by atoms with Crippen molar-refractivity contribution in [3.8, 4) is 22.3 Å². The second kappa shape index (κ2) is 15.8. The van der Waals surface area contributed by atoms with E-state index in [1.165, 1.54) is 196 Å². The van der Waals surface area contributed by atoms with Crippen LogP contribution in [-0.2, 0) is 27.1 Å². The highest BCUT2D eigenvalue weighted by Crippen LogP contribution is 2.58. The summed E-state index contributed by atoms with van der Waals surface area (Å²) in [5, 5.41) is 6.86. The zero-order valence-corrected chi connectivity index (χ0v) is 46.4. The molecule has 4 saturated carbocycles. The van der Waals surface area contributed by atoms with Crippen LogP contribution >= 0.6 is 0 Å². The van der Waals surface area contributed by atoms with Crippen LogP contribution in [0.25, 0.3) is 65.8 Å². The van der Waals surface area contributed by atoms with Crippen LogP contribution in [0.4, 0.5) is 17.3 Å². The Balaban J connectivity index is 1.07. The molecule has 4 heteroatoms. The van der Waals surface area contributed by atoms with E-state index < -0.39 is 0 Å². The van der Waals surface area contributed by atoms with Gasteiger partial charge >= 0.3 is 6.85 Å². The summed E-state index contributed by atoms with van der Waals surface area (Å²) in [4.78, 5) is 2.60. The van der Waals surface area contributed by atoms with Gasteiger partial charge in [0.2, 0.25) is 5.88 Å². The second-order valence-electron chi connectivity index (χ2n) is 28.3. The lowest BCUT2D eigenvalue weighted by Gasteiger charge is -2.46. The smallest absolute Gasteiger partial charge is 0.337 e. The number of hydrogen-bond donors (Lipinski definition) is 0. The van der Waals surface area contributed by atoms with Gasteiger partial charge in [-0.15, -0.1) is 0 Å². The quantitative estimate of drug-likeness (QED) is 0.164. The molecule has 0 radical (unpaired) electrons. The molecule has 4 heterocycles. The molecule has 0 N–H and O–H groups in total. The molecule has 7 aliphatic rings. The normalized spacial score (nSPS) is 25.0. The molecule has 0 atom stereocenters. The lowest BCUT2D eigenvalue weighted by atomic mass is 9.44. The molecule has 2 aromatic heterocycles. The third-order valence-corrected chi connectivity index (χ3v) is 22.0. The molecule has 7 aromatic carbocycles. The van der Waals surface area contributed by atoms with E-state index in [1.54, 1.807) is 11.1 Å². The van der Waals surface area contributed by atoms with E-state index in [0.29, 0.717) is 0 Å². The zero-order chi connectivity index (χ0) is 51.3. The maximum Gasteiger partial charge on any atom is 0.337 e. The Labute approximate surface area is 451 Å². The van der Waals surface area contributed by atoms with Gasteiger partial charge in [0.15, 0.2) is 0 Å². The van der Waals surface area contributed by atoms with Crippen molar-refractivity contribution < 1.29 is 4.42 Å². The van der Waals surface area contributed by atoms with Crippen LogP contribution in [0.2, 0.25) is 0 Å². The Bertz CT molecular complexity index is 3910. The third kappa shape index (κ3) is 6.42. The molecule has 16 rings (SSSR count). The van der Waals surface area contributed by atoms with Gasteiger partial charge in [0.25, 0.3) is 0 Å². The monoisotopic (exact) mass is 995 g/mol. The molecular weight excluding hydrogens is 920 g/mol. The van der Waals surface area contributed by atoms with Crippen molar-refractivity contribution in [3.63, 3.8) is 0 Å². The Morgan fingerprint density at radius 3 is 1.88 bits per heavy atom. The van der Waals surface area contributed by atoms with Crippen molar-refractivity contribution >= 4 is 78.6 Å². The van der Waals surface area contributed by atoms with Gasteiger partial charge in [-0.05, 0) is 200 Å². The number of furan rings is 1. The maximum absolute atomic E-state index is 7.81. The van der Waals surface area contributed by atoms with E-state index in [1.807, 2.05) is 0 Å². The summed E-state index contributed by atoms with van der Waals surface area (Å²) in [5.41, 5.74) is 22.3. The minimum Gasteiger partial charge on any atom is -0.440 e. The Morgan fingerprint density at radius 2 is 1.18 bits per heavy atom. The van der Waals surface area contributed by atoms with Crippen LogP contribution in [-0.4, -0.2) is 11.3 Å². The first kappa shape index (κ1) is 46.1. The molecule has 3 nitrogen and oxygen atoms in total. The fourth-order valence-corrected chi connectivity index (χ4v) is 18.0. The molecular formula is C72H75BN2O. The van der Waals surface area contributed by atoms with E-state index in [2.05, 4.69) is 179 Å². The lowest BCUT2D eigenvalue weighted by molar-refractivity contribution is 0.149. The van der Waals surface area contributed by atoms with E-state index >= 15 is 0 Å². The largest absolute Gasteiger partial charge is 0.440 e. The number of fused-ring (bicyclic) bond motifs is 16. The number of benzene rings is 7. The summed E-state index contributed by atoms with van der Waals surface area (Å²) < 4.78 is 10.7. The van der Waals surface area contributed by atoms with Crippen molar-refractivity contribution in [1.29, 1.82) is 0 Å². The fraction of sp³-hybridized carbons (Fsp3) is 0.417. The summed E-state index contributed by atoms with van der Waals surface area (Å²) >= 11 is 0. The molecule has 4 bridgehead atoms. The van der Waals surface area contributed by atoms with E-state index in [4.69, 9.17) is 4.42 Å². The van der Waals surface area contributed by atoms with E-state index in [0.717, 1.165) is 29.7 Å². The van der Waals surface area contributed by atoms with Crippen LogP contribution < -0.4 is 15.8 Å². The molecule has 76 heavy (non-hydrogen) atoms. The van der Waals surface area contributed by atoms with E-state index in [-0.39, 0.29) is 33.9 Å². The summed E-state index contributed by atoms with van der Waals surface area (Å²) in [6.07, 6.45) is 21.4. The van der Waals surface area contributed by atoms with E-state index in [9.17, 15) is 0 Å². The minimum absolute atomic E-state index is 0.0337. The zero-order valence-electron chi connectivity index (χ0n) is 46.4. The summed E-state index contributed by atoms with van der Waals surface area (Å²) in [6, 6.07) is 49.1. The van der Waals surface area contributed by atoms with Gasteiger partial charge in [0, 0.05) is 49.5 Å². The molecule has 2 aliphatic heterocycles. The number of hydrogen-bond acceptors (Lipinski definition) is 2. The molecule has 9 aromatic rings. The first-order chi connectivity index (χ1) is 36.7. The fourth-order valence-electron chi connectivity index (χ4n) is 18.0. The summed E-state index contributed by atoms with van der Waals surface area (Å²) in [5.74, 6) is 2.67. The van der Waals surface area contributed by atoms with Gasteiger partial charge in [-0.2, -0.15) is 0 Å². The van der Waals surface area contributed by atoms with Gasteiger partial charge in [0.05, 0.1) is 5.69 Å².